The fourth-order valence-electron chi connectivity index (χ4n) is 5.17. The van der Waals surface area contributed by atoms with E-state index in [1.54, 1.807) is 0 Å². The van der Waals surface area contributed by atoms with Crippen molar-refractivity contribution in [2.24, 2.45) is 5.92 Å². The Morgan fingerprint density at radius 2 is 0.932 bits per heavy atom. The molecule has 0 bridgehead atoms. The van der Waals surface area contributed by atoms with Gasteiger partial charge in [0.15, 0.2) is 0 Å². The minimum atomic E-state index is 0. The van der Waals surface area contributed by atoms with Crippen molar-refractivity contribution >= 4 is 19.9 Å². The van der Waals surface area contributed by atoms with Crippen LogP contribution in [0.15, 0.2) is 138 Å². The molecule has 1 unspecified atom stereocenters. The van der Waals surface area contributed by atoms with E-state index in [4.69, 9.17) is 5.73 Å². The van der Waals surface area contributed by atoms with E-state index in [2.05, 4.69) is 143 Å². The first-order valence-electron chi connectivity index (χ1n) is 16.0. The summed E-state index contributed by atoms with van der Waals surface area (Å²) >= 11 is 0. The van der Waals surface area contributed by atoms with Gasteiger partial charge in [-0.3, -0.25) is 6.08 Å². The number of allylic oxidation sites excluding steroid dienone is 4. The summed E-state index contributed by atoms with van der Waals surface area (Å²) in [5.74, 6) is 0.560. The summed E-state index contributed by atoms with van der Waals surface area (Å²) in [4.78, 5) is 0. The Hall–Kier alpha value is -2.75. The first-order chi connectivity index (χ1) is 20.9. The van der Waals surface area contributed by atoms with Gasteiger partial charge in [-0.25, -0.2) is 5.57 Å². The Bertz CT molecular complexity index is 1270. The van der Waals surface area contributed by atoms with Crippen LogP contribution < -0.4 is 10.4 Å². The summed E-state index contributed by atoms with van der Waals surface area (Å²) in [5.41, 5.74) is 14.3. The van der Waals surface area contributed by atoms with Crippen molar-refractivity contribution in [1.29, 1.82) is 0 Å². The first-order valence-corrected chi connectivity index (χ1v) is 17.1. The van der Waals surface area contributed by atoms with Crippen LogP contribution in [0, 0.1) is 12.0 Å². The van der Waals surface area contributed by atoms with E-state index in [1.165, 1.54) is 70.3 Å². The van der Waals surface area contributed by atoms with Crippen LogP contribution in [0.5, 0.6) is 0 Å². The average Bonchev–Trinajstić information content (AvgIpc) is 3.26. The van der Waals surface area contributed by atoms with Gasteiger partial charge in [-0.2, -0.15) is 11.1 Å². The summed E-state index contributed by atoms with van der Waals surface area (Å²) in [7, 11) is 0.271. The quantitative estimate of drug-likeness (QED) is 0.159. The van der Waals surface area contributed by atoms with Crippen LogP contribution in [0.1, 0.15) is 72.6 Å². The normalized spacial score (nSPS) is 16.2. The van der Waals surface area contributed by atoms with Crippen molar-refractivity contribution in [1.82, 2.24) is 0 Å². The SMILES string of the molecule is CC1=[C-]C(C)C(C)=C1C.[NH-]C1CCCCCCC1.[Ti+2].c1ccc(-c2ccccc2)cc1.c1ccc([SiH]c2ccccc2)cc1. The standard InChI is InChI=1S/C12H11Si.C12H10.C9H13.C8H16N.Ti/c1-3-7-11(8-4-1)13-12-9-5-2-6-10-12;1-3-7-11(8-4-1)12-9-5-2-6-10-12;1-6-5-7(2)9(4)8(6)3;9-8-6-4-2-1-3-5-7-8;/h1-10,13H;1-10H;6H,1-4H3;8-9H,1-7H2;/q;;2*-1;+2. The molecule has 227 valence electrons. The molecule has 4 aromatic rings. The predicted molar refractivity (Wildman–Crippen MR) is 192 cm³/mol. The fourth-order valence-corrected chi connectivity index (χ4v) is 6.38. The molecule has 1 saturated carbocycles. The second-order valence-corrected chi connectivity index (χ2v) is 13.2. The molecule has 1 fully saturated rings. The van der Waals surface area contributed by atoms with E-state index in [-0.39, 0.29) is 37.3 Å². The zero-order chi connectivity index (χ0) is 30.7. The van der Waals surface area contributed by atoms with Gasteiger partial charge in [0.05, 0.1) is 0 Å². The zero-order valence-electron chi connectivity index (χ0n) is 27.2. The molecule has 0 heterocycles. The third kappa shape index (κ3) is 14.4. The van der Waals surface area contributed by atoms with Gasteiger partial charge in [-0.15, -0.1) is 13.0 Å². The second-order valence-electron chi connectivity index (χ2n) is 11.5. The first kappa shape index (κ1) is 37.4. The molecule has 2 aliphatic rings. The average molecular weight is 633 g/mol. The van der Waals surface area contributed by atoms with Crippen LogP contribution >= 0.6 is 0 Å². The molecule has 44 heavy (non-hydrogen) atoms. The molecule has 6 rings (SSSR count). The van der Waals surface area contributed by atoms with Gasteiger partial charge in [-0.1, -0.05) is 203 Å². The summed E-state index contributed by atoms with van der Waals surface area (Å²) in [5, 5.41) is 2.90. The molecule has 0 amide bonds. The summed E-state index contributed by atoms with van der Waals surface area (Å²) < 4.78 is 0. The Morgan fingerprint density at radius 3 is 1.25 bits per heavy atom. The van der Waals surface area contributed by atoms with Crippen molar-refractivity contribution in [3.63, 3.8) is 0 Å². The molecule has 0 saturated heterocycles. The van der Waals surface area contributed by atoms with Crippen LogP contribution in [0.4, 0.5) is 0 Å². The molecule has 1 N–H and O–H groups in total. The van der Waals surface area contributed by atoms with Gasteiger partial charge in [0, 0.05) is 0 Å². The van der Waals surface area contributed by atoms with Gasteiger partial charge < -0.3 is 5.73 Å². The Balaban J connectivity index is 0.000000206. The van der Waals surface area contributed by atoms with Gasteiger partial charge in [0.2, 0.25) is 0 Å². The third-order valence-corrected chi connectivity index (χ3v) is 9.59. The fraction of sp³-hybridized carbons (Fsp3) is 0.317. The zero-order valence-corrected chi connectivity index (χ0v) is 29.9. The molecular formula is C41H50NSiTi. The predicted octanol–water partition coefficient (Wildman–Crippen LogP) is 10.3. The maximum absolute atomic E-state index is 7.51. The van der Waals surface area contributed by atoms with Crippen LogP contribution in [0.2, 0.25) is 0 Å². The van der Waals surface area contributed by atoms with Gasteiger partial charge in [0.25, 0.3) is 0 Å². The smallest absolute Gasteiger partial charge is 0.675 e. The Labute approximate surface area is 285 Å². The second kappa shape index (κ2) is 21.9. The van der Waals surface area contributed by atoms with Gasteiger partial charge in [-0.05, 0) is 11.1 Å². The molecule has 0 aromatic heterocycles. The van der Waals surface area contributed by atoms with E-state index in [0.717, 1.165) is 12.8 Å². The van der Waals surface area contributed by atoms with Crippen LogP contribution in [0.25, 0.3) is 16.9 Å². The van der Waals surface area contributed by atoms with E-state index in [0.29, 0.717) is 5.92 Å². The van der Waals surface area contributed by atoms with Gasteiger partial charge >= 0.3 is 21.7 Å². The number of benzene rings is 4. The van der Waals surface area contributed by atoms with E-state index < -0.39 is 0 Å². The molecule has 0 spiro atoms. The van der Waals surface area contributed by atoms with Crippen molar-refractivity contribution in [2.75, 3.05) is 0 Å². The van der Waals surface area contributed by atoms with E-state index >= 15 is 0 Å². The molecular weight excluding hydrogens is 582 g/mol. The molecule has 0 aliphatic heterocycles. The molecule has 3 heteroatoms. The number of hydrogen-bond acceptors (Lipinski definition) is 0. The minimum absolute atomic E-state index is 0. The molecule has 1 atom stereocenters. The van der Waals surface area contributed by atoms with Crippen molar-refractivity contribution < 1.29 is 21.7 Å². The maximum Gasteiger partial charge on any atom is 2.00 e. The van der Waals surface area contributed by atoms with E-state index in [9.17, 15) is 0 Å². The van der Waals surface area contributed by atoms with Crippen LogP contribution in [-0.2, 0) is 21.7 Å². The minimum Gasteiger partial charge on any atom is -0.675 e. The largest absolute Gasteiger partial charge is 2.00 e. The summed E-state index contributed by atoms with van der Waals surface area (Å²) in [6, 6.07) is 42.4. The van der Waals surface area contributed by atoms with Crippen molar-refractivity contribution in [3.8, 4) is 11.1 Å². The number of rotatable bonds is 3. The maximum atomic E-state index is 7.51. The molecule has 4 aromatic carbocycles. The third-order valence-electron chi connectivity index (χ3n) is 8.16. The van der Waals surface area contributed by atoms with E-state index in [1.807, 2.05) is 12.1 Å². The molecule has 1 nitrogen and oxygen atoms in total. The van der Waals surface area contributed by atoms with Crippen LogP contribution in [-0.4, -0.2) is 15.6 Å². The monoisotopic (exact) mass is 632 g/mol. The van der Waals surface area contributed by atoms with Gasteiger partial charge in [0.1, 0.15) is 9.52 Å². The molecule has 2 aliphatic carbocycles. The molecule has 1 radical (unpaired) electrons. The number of nitrogens with one attached hydrogen (secondary N) is 1. The van der Waals surface area contributed by atoms with Crippen LogP contribution in [0.3, 0.4) is 0 Å². The topological polar surface area (TPSA) is 23.8 Å². The van der Waals surface area contributed by atoms with Crippen molar-refractivity contribution in [3.05, 3.63) is 150 Å². The summed E-state index contributed by atoms with van der Waals surface area (Å²) in [6.45, 7) is 8.67. The summed E-state index contributed by atoms with van der Waals surface area (Å²) in [6.07, 6.45) is 12.4. The van der Waals surface area contributed by atoms with Crippen molar-refractivity contribution in [2.45, 2.75) is 78.7 Å². The Kier molecular flexibility index (Phi) is 18.6. The number of hydrogen-bond donors (Lipinski definition) is 0. The Morgan fingerprint density at radius 1 is 0.568 bits per heavy atom.